The van der Waals surface area contributed by atoms with Crippen molar-refractivity contribution < 1.29 is 14.3 Å². The first-order valence-electron chi connectivity index (χ1n) is 10.8. The number of para-hydroxylation sites is 1. The summed E-state index contributed by atoms with van der Waals surface area (Å²) in [7, 11) is 1.65. The molecule has 0 saturated carbocycles. The van der Waals surface area contributed by atoms with Gasteiger partial charge in [-0.05, 0) is 30.3 Å². The van der Waals surface area contributed by atoms with Gasteiger partial charge in [0.15, 0.2) is 0 Å². The Morgan fingerprint density at radius 1 is 1.06 bits per heavy atom. The fourth-order valence-electron chi connectivity index (χ4n) is 3.70. The average molecular weight is 456 g/mol. The highest BCUT2D eigenvalue weighted by molar-refractivity contribution is 6.30. The molecule has 0 N–H and O–H groups in total. The minimum atomic E-state index is 0.0353. The number of carbonyl (C=O) groups is 2. The van der Waals surface area contributed by atoms with Crippen LogP contribution in [0.3, 0.4) is 0 Å². The minimum absolute atomic E-state index is 0.0353. The second kappa shape index (κ2) is 11.7. The molecule has 3 rings (SSSR count). The summed E-state index contributed by atoms with van der Waals surface area (Å²) in [6.45, 7) is 6.51. The number of halogens is 1. The third kappa shape index (κ3) is 6.58. The number of methoxy groups -OCH3 is 1. The van der Waals surface area contributed by atoms with Crippen molar-refractivity contribution in [1.29, 1.82) is 0 Å². The van der Waals surface area contributed by atoms with Crippen LogP contribution in [0.4, 0.5) is 0 Å². The van der Waals surface area contributed by atoms with Crippen LogP contribution < -0.4 is 4.74 Å². The maximum absolute atomic E-state index is 12.6. The molecule has 0 spiro atoms. The molecule has 2 aromatic carbocycles. The molecule has 2 aromatic rings. The van der Waals surface area contributed by atoms with Gasteiger partial charge in [0.2, 0.25) is 5.91 Å². The van der Waals surface area contributed by atoms with Gasteiger partial charge in [0.05, 0.1) is 7.11 Å². The predicted molar refractivity (Wildman–Crippen MR) is 128 cm³/mol. The number of carbonyl (C=O) groups excluding carboxylic acids is 2. The third-order valence-corrected chi connectivity index (χ3v) is 5.90. The van der Waals surface area contributed by atoms with E-state index in [-0.39, 0.29) is 11.8 Å². The van der Waals surface area contributed by atoms with Crippen LogP contribution in [-0.4, -0.2) is 79.4 Å². The van der Waals surface area contributed by atoms with Crippen LogP contribution in [0.1, 0.15) is 22.8 Å². The lowest BCUT2D eigenvalue weighted by Gasteiger charge is -2.35. The average Bonchev–Trinajstić information content (AvgIpc) is 2.81. The Bertz CT molecular complexity index is 938. The van der Waals surface area contributed by atoms with Gasteiger partial charge in [-0.3, -0.25) is 14.5 Å². The summed E-state index contributed by atoms with van der Waals surface area (Å²) in [5, 5.41) is 0.624. The van der Waals surface area contributed by atoms with Gasteiger partial charge in [0, 0.05) is 68.9 Å². The molecular formula is C25H30ClN3O3. The fourth-order valence-corrected chi connectivity index (χ4v) is 3.83. The molecular weight excluding hydrogens is 426 g/mol. The van der Waals surface area contributed by atoms with Gasteiger partial charge in [-0.1, -0.05) is 42.0 Å². The maximum atomic E-state index is 12.6. The van der Waals surface area contributed by atoms with Crippen LogP contribution in [0.2, 0.25) is 5.02 Å². The van der Waals surface area contributed by atoms with Crippen molar-refractivity contribution in [3.8, 4) is 5.75 Å². The van der Waals surface area contributed by atoms with Gasteiger partial charge in [-0.15, -0.1) is 0 Å². The van der Waals surface area contributed by atoms with E-state index in [4.69, 9.17) is 16.3 Å². The van der Waals surface area contributed by atoms with Crippen LogP contribution in [-0.2, 0) is 4.79 Å². The SMILES string of the molecule is COc1ccccc1/C=C/CN(CCN1CCN(C(=O)c2ccc(Cl)cc2)CC1)C(C)=O. The van der Waals surface area contributed by atoms with Gasteiger partial charge in [-0.2, -0.15) is 0 Å². The summed E-state index contributed by atoms with van der Waals surface area (Å²) in [6.07, 6.45) is 3.97. The Hall–Kier alpha value is -2.83. The molecule has 1 fully saturated rings. The van der Waals surface area contributed by atoms with Gasteiger partial charge in [0.1, 0.15) is 5.75 Å². The lowest BCUT2D eigenvalue weighted by atomic mass is 10.2. The second-order valence-corrected chi connectivity index (χ2v) is 8.19. The van der Waals surface area contributed by atoms with Crippen LogP contribution in [0.5, 0.6) is 5.75 Å². The monoisotopic (exact) mass is 455 g/mol. The molecule has 0 atom stereocenters. The van der Waals surface area contributed by atoms with Crippen molar-refractivity contribution in [3.05, 3.63) is 70.8 Å². The van der Waals surface area contributed by atoms with E-state index in [2.05, 4.69) is 4.90 Å². The normalized spacial score (nSPS) is 14.5. The third-order valence-electron chi connectivity index (χ3n) is 5.64. The van der Waals surface area contributed by atoms with Crippen LogP contribution in [0, 0.1) is 0 Å². The molecule has 32 heavy (non-hydrogen) atoms. The summed E-state index contributed by atoms with van der Waals surface area (Å²) >= 11 is 5.91. The molecule has 0 unspecified atom stereocenters. The van der Waals surface area contributed by atoms with Gasteiger partial charge in [0.25, 0.3) is 5.91 Å². The largest absolute Gasteiger partial charge is 0.496 e. The molecule has 0 aromatic heterocycles. The molecule has 1 aliphatic heterocycles. The number of ether oxygens (including phenoxy) is 1. The van der Waals surface area contributed by atoms with Gasteiger partial charge >= 0.3 is 0 Å². The minimum Gasteiger partial charge on any atom is -0.496 e. The smallest absolute Gasteiger partial charge is 0.253 e. The number of amides is 2. The number of nitrogens with zero attached hydrogens (tertiary/aromatic N) is 3. The molecule has 6 nitrogen and oxygen atoms in total. The zero-order chi connectivity index (χ0) is 22.9. The van der Waals surface area contributed by atoms with Gasteiger partial charge < -0.3 is 14.5 Å². The number of hydrogen-bond donors (Lipinski definition) is 0. The van der Waals surface area contributed by atoms with Crippen molar-refractivity contribution in [2.75, 3.05) is 52.9 Å². The highest BCUT2D eigenvalue weighted by Crippen LogP contribution is 2.18. The zero-order valence-electron chi connectivity index (χ0n) is 18.7. The van der Waals surface area contributed by atoms with E-state index in [1.165, 1.54) is 0 Å². The molecule has 7 heteroatoms. The Balaban J connectivity index is 1.46. The van der Waals surface area contributed by atoms with E-state index in [0.717, 1.165) is 30.9 Å². The van der Waals surface area contributed by atoms with Crippen LogP contribution >= 0.6 is 11.6 Å². The summed E-state index contributed by atoms with van der Waals surface area (Å²) in [5.41, 5.74) is 1.65. The number of hydrogen-bond acceptors (Lipinski definition) is 4. The van der Waals surface area contributed by atoms with Crippen LogP contribution in [0.15, 0.2) is 54.6 Å². The summed E-state index contributed by atoms with van der Waals surface area (Å²) < 4.78 is 5.36. The lowest BCUT2D eigenvalue weighted by molar-refractivity contribution is -0.128. The molecule has 1 aliphatic rings. The molecule has 0 bridgehead atoms. The van der Waals surface area contributed by atoms with E-state index in [0.29, 0.717) is 36.8 Å². The van der Waals surface area contributed by atoms with E-state index < -0.39 is 0 Å². The fraction of sp³-hybridized carbons (Fsp3) is 0.360. The van der Waals surface area contributed by atoms with Crippen LogP contribution in [0.25, 0.3) is 6.08 Å². The summed E-state index contributed by atoms with van der Waals surface area (Å²) in [4.78, 5) is 30.7. The van der Waals surface area contributed by atoms with E-state index in [1.54, 1.807) is 38.3 Å². The predicted octanol–water partition coefficient (Wildman–Crippen LogP) is 3.67. The standard InChI is InChI=1S/C25H30ClN3O3/c1-20(30)28(13-5-7-21-6-3-4-8-24(21)32-2)17-14-27-15-18-29(19-16-27)25(31)22-9-11-23(26)12-10-22/h3-12H,13-19H2,1-2H3/b7-5+. The maximum Gasteiger partial charge on any atom is 0.253 e. The number of rotatable bonds is 8. The Morgan fingerprint density at radius 2 is 1.75 bits per heavy atom. The molecule has 0 radical (unpaired) electrons. The van der Waals surface area contributed by atoms with E-state index in [9.17, 15) is 9.59 Å². The molecule has 1 heterocycles. The second-order valence-electron chi connectivity index (χ2n) is 7.75. The summed E-state index contributed by atoms with van der Waals surface area (Å²) in [6, 6.07) is 14.8. The first kappa shape index (κ1) is 23.8. The first-order valence-corrected chi connectivity index (χ1v) is 11.2. The van der Waals surface area contributed by atoms with E-state index >= 15 is 0 Å². The Morgan fingerprint density at radius 3 is 2.41 bits per heavy atom. The highest BCUT2D eigenvalue weighted by Gasteiger charge is 2.22. The van der Waals surface area contributed by atoms with Crippen molar-refractivity contribution in [1.82, 2.24) is 14.7 Å². The van der Waals surface area contributed by atoms with Crippen molar-refractivity contribution >= 4 is 29.5 Å². The molecule has 1 saturated heterocycles. The van der Waals surface area contributed by atoms with Gasteiger partial charge in [-0.25, -0.2) is 0 Å². The first-order chi connectivity index (χ1) is 15.5. The van der Waals surface area contributed by atoms with E-state index in [1.807, 2.05) is 46.2 Å². The van der Waals surface area contributed by atoms with Crippen molar-refractivity contribution in [2.45, 2.75) is 6.92 Å². The quantitative estimate of drug-likeness (QED) is 0.609. The van der Waals surface area contributed by atoms with Crippen molar-refractivity contribution in [2.24, 2.45) is 0 Å². The topological polar surface area (TPSA) is 53.1 Å². The Labute approximate surface area is 195 Å². The number of benzene rings is 2. The molecule has 170 valence electrons. The molecule has 2 amide bonds. The number of piperazine rings is 1. The highest BCUT2D eigenvalue weighted by atomic mass is 35.5. The summed E-state index contributed by atoms with van der Waals surface area (Å²) in [5.74, 6) is 0.892. The lowest BCUT2D eigenvalue weighted by Crippen LogP contribution is -2.50. The Kier molecular flexibility index (Phi) is 8.71. The molecule has 0 aliphatic carbocycles. The van der Waals surface area contributed by atoms with Crippen molar-refractivity contribution in [3.63, 3.8) is 0 Å². The zero-order valence-corrected chi connectivity index (χ0v) is 19.4.